The molecule has 0 spiro atoms. The Morgan fingerprint density at radius 2 is 1.18 bits per heavy atom. The Morgan fingerprint density at radius 1 is 0.824 bits per heavy atom. The molecule has 0 heterocycles. The summed E-state index contributed by atoms with van der Waals surface area (Å²) in [4.78, 5) is 0. The molecule has 0 radical (unpaired) electrons. The minimum absolute atomic E-state index is 0.398. The van der Waals surface area contributed by atoms with Gasteiger partial charge in [0.25, 0.3) is 0 Å². The van der Waals surface area contributed by atoms with Crippen molar-refractivity contribution in [1.82, 2.24) is 0 Å². The molecule has 0 aliphatic carbocycles. The number of rotatable bonds is 10. The van der Waals surface area contributed by atoms with Crippen molar-refractivity contribution in [2.45, 2.75) is 64.3 Å². The lowest BCUT2D eigenvalue weighted by molar-refractivity contribution is -0.244. The van der Waals surface area contributed by atoms with Gasteiger partial charge >= 0.3 is 0 Å². The molecule has 0 saturated heterocycles. The van der Waals surface area contributed by atoms with Crippen LogP contribution in [0.5, 0.6) is 0 Å². The summed E-state index contributed by atoms with van der Waals surface area (Å²) in [6.45, 7) is 3.79. The first-order valence-electron chi connectivity index (χ1n) is 6.14. The molecule has 4 unspecified atom stereocenters. The Balaban J connectivity index is 4.11. The van der Waals surface area contributed by atoms with E-state index in [-0.39, 0.29) is 0 Å². The third kappa shape index (κ3) is 7.68. The molecule has 17 heavy (non-hydrogen) atoms. The number of aliphatic hydroxyl groups is 2. The van der Waals surface area contributed by atoms with E-state index in [0.29, 0.717) is 25.7 Å². The summed E-state index contributed by atoms with van der Waals surface area (Å²) in [5.41, 5.74) is 0. The number of aliphatic hydroxyl groups excluding tert-OH is 2. The summed E-state index contributed by atoms with van der Waals surface area (Å²) >= 11 is 0. The van der Waals surface area contributed by atoms with Crippen LogP contribution in [0.1, 0.15) is 39.5 Å². The zero-order valence-electron chi connectivity index (χ0n) is 11.3. The smallest absolute Gasteiger partial charge is 0.162 e. The number of hydrogen-bond donors (Lipinski definition) is 2. The van der Waals surface area contributed by atoms with E-state index in [4.69, 9.17) is 14.2 Å². The van der Waals surface area contributed by atoms with E-state index in [1.54, 1.807) is 0 Å². The molecule has 0 bridgehead atoms. The molecule has 5 nitrogen and oxygen atoms in total. The van der Waals surface area contributed by atoms with Crippen molar-refractivity contribution in [3.8, 4) is 0 Å². The average Bonchev–Trinajstić information content (AvgIpc) is 2.36. The molecule has 0 aromatic carbocycles. The molecular formula is C12H26O5. The van der Waals surface area contributed by atoms with Crippen LogP contribution in [0.2, 0.25) is 0 Å². The molecule has 4 atom stereocenters. The van der Waals surface area contributed by atoms with Crippen molar-refractivity contribution < 1.29 is 24.4 Å². The van der Waals surface area contributed by atoms with Gasteiger partial charge in [0, 0.05) is 27.1 Å². The molecule has 0 aromatic heterocycles. The van der Waals surface area contributed by atoms with Crippen LogP contribution < -0.4 is 0 Å². The van der Waals surface area contributed by atoms with Crippen molar-refractivity contribution in [1.29, 1.82) is 0 Å². The van der Waals surface area contributed by atoms with Crippen LogP contribution in [0.25, 0.3) is 0 Å². The summed E-state index contributed by atoms with van der Waals surface area (Å²) in [6, 6.07) is 0. The zero-order chi connectivity index (χ0) is 13.3. The van der Waals surface area contributed by atoms with Gasteiger partial charge in [-0.2, -0.15) is 0 Å². The van der Waals surface area contributed by atoms with E-state index in [1.807, 2.05) is 13.8 Å². The second kappa shape index (κ2) is 9.79. The van der Waals surface area contributed by atoms with E-state index >= 15 is 0 Å². The van der Waals surface area contributed by atoms with Crippen LogP contribution >= 0.6 is 0 Å². The molecule has 104 valence electrons. The molecule has 0 fully saturated rings. The van der Waals surface area contributed by atoms with Gasteiger partial charge in [-0.25, -0.2) is 0 Å². The first kappa shape index (κ1) is 16.8. The molecule has 0 rings (SSSR count). The maximum atomic E-state index is 9.52. The molecule has 0 aliphatic heterocycles. The van der Waals surface area contributed by atoms with Crippen LogP contribution in [0.3, 0.4) is 0 Å². The predicted molar refractivity (Wildman–Crippen MR) is 64.5 cm³/mol. The van der Waals surface area contributed by atoms with E-state index in [2.05, 4.69) is 0 Å². The Bertz CT molecular complexity index is 158. The quantitative estimate of drug-likeness (QED) is 0.571. The summed E-state index contributed by atoms with van der Waals surface area (Å²) in [5.74, 6) is 0. The summed E-state index contributed by atoms with van der Waals surface area (Å²) in [6.07, 6.45) is 0.168. The Labute approximate surface area is 104 Å². The van der Waals surface area contributed by atoms with Gasteiger partial charge in [-0.1, -0.05) is 13.8 Å². The highest BCUT2D eigenvalue weighted by Gasteiger charge is 2.20. The topological polar surface area (TPSA) is 68.2 Å². The van der Waals surface area contributed by atoms with E-state index < -0.39 is 24.8 Å². The lowest BCUT2D eigenvalue weighted by Gasteiger charge is -2.25. The number of methoxy groups -OCH3 is 2. The highest BCUT2D eigenvalue weighted by molar-refractivity contribution is 4.60. The molecule has 2 N–H and O–H groups in total. The van der Waals surface area contributed by atoms with Gasteiger partial charge in [0.15, 0.2) is 12.6 Å². The first-order valence-corrected chi connectivity index (χ1v) is 6.14. The molecule has 0 saturated carbocycles. The van der Waals surface area contributed by atoms with Gasteiger partial charge in [-0.05, 0) is 12.8 Å². The molecule has 5 heteroatoms. The van der Waals surface area contributed by atoms with Gasteiger partial charge < -0.3 is 24.4 Å². The van der Waals surface area contributed by atoms with Gasteiger partial charge in [-0.15, -0.1) is 0 Å². The number of hydrogen-bond acceptors (Lipinski definition) is 5. The van der Waals surface area contributed by atoms with Crippen LogP contribution in [-0.4, -0.2) is 49.2 Å². The summed E-state index contributed by atoms with van der Waals surface area (Å²) in [5, 5.41) is 19.0. The average molecular weight is 250 g/mol. The maximum absolute atomic E-state index is 9.52. The fourth-order valence-corrected chi connectivity index (χ4v) is 1.36. The van der Waals surface area contributed by atoms with Gasteiger partial charge in [0.05, 0.1) is 12.2 Å². The van der Waals surface area contributed by atoms with Crippen LogP contribution in [0.15, 0.2) is 0 Å². The lowest BCUT2D eigenvalue weighted by atomic mass is 10.2. The Morgan fingerprint density at radius 3 is 1.41 bits per heavy atom. The fraction of sp³-hybridized carbons (Fsp3) is 1.00. The second-order valence-electron chi connectivity index (χ2n) is 4.06. The standard InChI is InChI=1S/C12H26O5/c1-5-9(13)7-11(15-3)17-12(16-4)8-10(14)6-2/h9-14H,5-8H2,1-4H3. The largest absolute Gasteiger partial charge is 0.393 e. The fourth-order valence-electron chi connectivity index (χ4n) is 1.36. The van der Waals surface area contributed by atoms with Crippen molar-refractivity contribution in [3.05, 3.63) is 0 Å². The third-order valence-electron chi connectivity index (χ3n) is 2.70. The highest BCUT2D eigenvalue weighted by atomic mass is 16.8. The minimum Gasteiger partial charge on any atom is -0.393 e. The molecule has 0 aliphatic rings. The van der Waals surface area contributed by atoms with E-state index in [0.717, 1.165) is 0 Å². The number of ether oxygens (including phenoxy) is 3. The highest BCUT2D eigenvalue weighted by Crippen LogP contribution is 2.14. The Hall–Kier alpha value is -0.200. The van der Waals surface area contributed by atoms with E-state index in [1.165, 1.54) is 14.2 Å². The molecule has 0 aromatic rings. The normalized spacial score (nSPS) is 18.7. The SMILES string of the molecule is CCC(O)CC(OC)OC(CC(O)CC)OC. The lowest BCUT2D eigenvalue weighted by Crippen LogP contribution is -2.31. The molecule has 0 amide bonds. The second-order valence-corrected chi connectivity index (χ2v) is 4.06. The predicted octanol–water partition coefficient (Wildman–Crippen LogP) is 1.27. The third-order valence-corrected chi connectivity index (χ3v) is 2.70. The van der Waals surface area contributed by atoms with Crippen molar-refractivity contribution in [2.24, 2.45) is 0 Å². The van der Waals surface area contributed by atoms with Crippen molar-refractivity contribution >= 4 is 0 Å². The van der Waals surface area contributed by atoms with Gasteiger partial charge in [0.2, 0.25) is 0 Å². The first-order chi connectivity index (χ1) is 8.07. The summed E-state index contributed by atoms with van der Waals surface area (Å²) in [7, 11) is 3.05. The van der Waals surface area contributed by atoms with Crippen LogP contribution in [0, 0.1) is 0 Å². The van der Waals surface area contributed by atoms with Crippen LogP contribution in [-0.2, 0) is 14.2 Å². The Kier molecular flexibility index (Phi) is 9.68. The monoisotopic (exact) mass is 250 g/mol. The summed E-state index contributed by atoms with van der Waals surface area (Å²) < 4.78 is 15.8. The van der Waals surface area contributed by atoms with E-state index in [9.17, 15) is 10.2 Å². The minimum atomic E-state index is -0.515. The molecular weight excluding hydrogens is 224 g/mol. The maximum Gasteiger partial charge on any atom is 0.162 e. The zero-order valence-corrected chi connectivity index (χ0v) is 11.3. The van der Waals surface area contributed by atoms with Crippen molar-refractivity contribution in [3.63, 3.8) is 0 Å². The van der Waals surface area contributed by atoms with Crippen LogP contribution in [0.4, 0.5) is 0 Å². The van der Waals surface area contributed by atoms with Crippen molar-refractivity contribution in [2.75, 3.05) is 14.2 Å². The van der Waals surface area contributed by atoms with Gasteiger partial charge in [0.1, 0.15) is 0 Å². The van der Waals surface area contributed by atoms with Gasteiger partial charge in [-0.3, -0.25) is 0 Å².